The van der Waals surface area contributed by atoms with Crippen LogP contribution in [-0.2, 0) is 4.79 Å². The first kappa shape index (κ1) is 13.4. The predicted molar refractivity (Wildman–Crippen MR) is 75.6 cm³/mol. The molecule has 19 heavy (non-hydrogen) atoms. The Morgan fingerprint density at radius 1 is 1.16 bits per heavy atom. The van der Waals surface area contributed by atoms with E-state index in [9.17, 15) is 4.79 Å². The zero-order chi connectivity index (χ0) is 13.2. The minimum Gasteiger partial charge on any atom is -0.352 e. The van der Waals surface area contributed by atoms with Crippen molar-refractivity contribution in [3.05, 3.63) is 0 Å². The van der Waals surface area contributed by atoms with Gasteiger partial charge >= 0.3 is 0 Å². The second-order valence-electron chi connectivity index (χ2n) is 6.65. The van der Waals surface area contributed by atoms with Gasteiger partial charge in [0.2, 0.25) is 5.91 Å². The maximum atomic E-state index is 12.4. The molecule has 4 nitrogen and oxygen atoms in total. The molecule has 1 aliphatic heterocycles. The summed E-state index contributed by atoms with van der Waals surface area (Å²) in [7, 11) is 0. The van der Waals surface area contributed by atoms with Crippen molar-refractivity contribution >= 4 is 5.91 Å². The predicted octanol–water partition coefficient (Wildman–Crippen LogP) is 1.15. The van der Waals surface area contributed by atoms with Crippen LogP contribution in [0.15, 0.2) is 0 Å². The lowest BCUT2D eigenvalue weighted by Gasteiger charge is -2.24. The third-order valence-electron chi connectivity index (χ3n) is 5.47. The van der Waals surface area contributed by atoms with Crippen LogP contribution in [0.3, 0.4) is 0 Å². The topological polar surface area (TPSA) is 67.1 Å². The second-order valence-corrected chi connectivity index (χ2v) is 6.65. The lowest BCUT2D eigenvalue weighted by Crippen LogP contribution is -2.48. The molecule has 108 valence electrons. The minimum atomic E-state index is 0.0483. The molecule has 3 aliphatic rings. The van der Waals surface area contributed by atoms with Gasteiger partial charge in [0.25, 0.3) is 0 Å². The molecule has 5 atom stereocenters. The van der Waals surface area contributed by atoms with Gasteiger partial charge in [-0.3, -0.25) is 4.79 Å². The van der Waals surface area contributed by atoms with Crippen LogP contribution in [0.2, 0.25) is 0 Å². The fraction of sp³-hybridized carbons (Fsp3) is 0.933. The van der Waals surface area contributed by atoms with Crippen molar-refractivity contribution in [3.63, 3.8) is 0 Å². The normalized spacial score (nSPS) is 42.1. The van der Waals surface area contributed by atoms with Crippen molar-refractivity contribution in [1.29, 1.82) is 0 Å². The Hall–Kier alpha value is -0.610. The molecule has 0 bridgehead atoms. The van der Waals surface area contributed by atoms with Crippen molar-refractivity contribution in [1.82, 2.24) is 10.6 Å². The number of carbonyl (C=O) groups excluding carboxylic acids is 1. The maximum absolute atomic E-state index is 12.4. The highest BCUT2D eigenvalue weighted by Crippen LogP contribution is 2.33. The van der Waals surface area contributed by atoms with E-state index in [1.165, 1.54) is 38.5 Å². The molecule has 1 heterocycles. The molecule has 0 aromatic carbocycles. The van der Waals surface area contributed by atoms with Crippen LogP contribution in [-0.4, -0.2) is 30.6 Å². The average Bonchev–Trinajstić information content (AvgIpc) is 3.03. The number of rotatable bonds is 3. The number of carbonyl (C=O) groups is 1. The summed E-state index contributed by atoms with van der Waals surface area (Å²) in [6.45, 7) is 0.703. The van der Waals surface area contributed by atoms with Crippen LogP contribution < -0.4 is 16.4 Å². The van der Waals surface area contributed by atoms with Crippen LogP contribution in [0.5, 0.6) is 0 Å². The number of nitrogens with two attached hydrogens (primary N) is 1. The number of nitrogens with one attached hydrogen (secondary N) is 2. The molecule has 0 aromatic heterocycles. The van der Waals surface area contributed by atoms with E-state index in [1.54, 1.807) is 0 Å². The molecule has 1 amide bonds. The third kappa shape index (κ3) is 2.79. The molecule has 0 radical (unpaired) electrons. The van der Waals surface area contributed by atoms with Crippen LogP contribution in [0, 0.1) is 11.8 Å². The molecule has 5 unspecified atom stereocenters. The van der Waals surface area contributed by atoms with Gasteiger partial charge in [-0.05, 0) is 50.5 Å². The van der Waals surface area contributed by atoms with E-state index in [1.807, 2.05) is 0 Å². The second kappa shape index (κ2) is 5.80. The molecule has 4 heteroatoms. The summed E-state index contributed by atoms with van der Waals surface area (Å²) >= 11 is 0. The first-order valence-electron chi connectivity index (χ1n) is 8.04. The molecule has 1 saturated heterocycles. The molecule has 0 aromatic rings. The molecule has 3 fully saturated rings. The number of hydrogen-bond acceptors (Lipinski definition) is 3. The Kier molecular flexibility index (Phi) is 4.08. The average molecular weight is 265 g/mol. The lowest BCUT2D eigenvalue weighted by molar-refractivity contribution is -0.123. The van der Waals surface area contributed by atoms with Gasteiger partial charge < -0.3 is 16.4 Å². The standard InChI is InChI=1S/C15H27N3O/c16-9-11-5-3-7-13(11)18-15(19)14-8-10-4-1-2-6-12(10)17-14/h10-14,17H,1-9,16H2,(H,18,19). The smallest absolute Gasteiger partial charge is 0.237 e. The van der Waals surface area contributed by atoms with Crippen molar-refractivity contribution < 1.29 is 4.79 Å². The van der Waals surface area contributed by atoms with Gasteiger partial charge in [0.1, 0.15) is 0 Å². The van der Waals surface area contributed by atoms with E-state index in [4.69, 9.17) is 5.73 Å². The van der Waals surface area contributed by atoms with Crippen molar-refractivity contribution in [3.8, 4) is 0 Å². The molecule has 2 saturated carbocycles. The summed E-state index contributed by atoms with van der Waals surface area (Å²) in [5.74, 6) is 1.45. The summed E-state index contributed by atoms with van der Waals surface area (Å²) in [6.07, 6.45) is 9.74. The quantitative estimate of drug-likeness (QED) is 0.717. The molecular formula is C15H27N3O. The lowest BCUT2D eigenvalue weighted by atomic mass is 9.85. The summed E-state index contributed by atoms with van der Waals surface area (Å²) in [6, 6.07) is 0.965. The highest BCUT2D eigenvalue weighted by atomic mass is 16.2. The summed E-state index contributed by atoms with van der Waals surface area (Å²) in [5, 5.41) is 6.81. The van der Waals surface area contributed by atoms with Gasteiger partial charge in [0.05, 0.1) is 6.04 Å². The Bertz CT molecular complexity index is 319. The Morgan fingerprint density at radius 3 is 2.79 bits per heavy atom. The first-order chi connectivity index (χ1) is 9.28. The van der Waals surface area contributed by atoms with Gasteiger partial charge in [-0.15, -0.1) is 0 Å². The highest BCUT2D eigenvalue weighted by molar-refractivity contribution is 5.82. The van der Waals surface area contributed by atoms with Crippen molar-refractivity contribution in [2.75, 3.05) is 6.54 Å². The summed E-state index contributed by atoms with van der Waals surface area (Å²) < 4.78 is 0. The van der Waals surface area contributed by atoms with Crippen LogP contribution in [0.1, 0.15) is 51.4 Å². The van der Waals surface area contributed by atoms with Crippen LogP contribution in [0.4, 0.5) is 0 Å². The van der Waals surface area contributed by atoms with Gasteiger partial charge in [-0.25, -0.2) is 0 Å². The van der Waals surface area contributed by atoms with E-state index in [0.717, 1.165) is 18.8 Å². The monoisotopic (exact) mass is 265 g/mol. The Morgan fingerprint density at radius 2 is 2.00 bits per heavy atom. The van der Waals surface area contributed by atoms with Gasteiger partial charge in [-0.1, -0.05) is 19.3 Å². The zero-order valence-electron chi connectivity index (χ0n) is 11.7. The number of hydrogen-bond donors (Lipinski definition) is 3. The van der Waals surface area contributed by atoms with E-state index < -0.39 is 0 Å². The molecule has 4 N–H and O–H groups in total. The number of fused-ring (bicyclic) bond motifs is 1. The Balaban J connectivity index is 1.53. The summed E-state index contributed by atoms with van der Waals surface area (Å²) in [5.41, 5.74) is 5.78. The van der Waals surface area contributed by atoms with Gasteiger partial charge in [-0.2, -0.15) is 0 Å². The largest absolute Gasteiger partial charge is 0.352 e. The van der Waals surface area contributed by atoms with Crippen molar-refractivity contribution in [2.24, 2.45) is 17.6 Å². The fourth-order valence-corrected chi connectivity index (χ4v) is 4.31. The molecule has 3 rings (SSSR count). The highest BCUT2D eigenvalue weighted by Gasteiger charge is 2.39. The van der Waals surface area contributed by atoms with E-state index in [0.29, 0.717) is 24.5 Å². The van der Waals surface area contributed by atoms with Crippen LogP contribution in [0.25, 0.3) is 0 Å². The first-order valence-corrected chi connectivity index (χ1v) is 8.04. The summed E-state index contributed by atoms with van der Waals surface area (Å²) in [4.78, 5) is 12.4. The molecule has 0 spiro atoms. The van der Waals surface area contributed by atoms with E-state index in [2.05, 4.69) is 10.6 Å². The Labute approximate surface area is 115 Å². The minimum absolute atomic E-state index is 0.0483. The maximum Gasteiger partial charge on any atom is 0.237 e. The SMILES string of the molecule is NCC1CCCC1NC(=O)C1CC2CCCCC2N1. The van der Waals surface area contributed by atoms with E-state index in [-0.39, 0.29) is 11.9 Å². The number of amides is 1. The fourth-order valence-electron chi connectivity index (χ4n) is 4.31. The van der Waals surface area contributed by atoms with Gasteiger partial charge in [0.15, 0.2) is 0 Å². The molecular weight excluding hydrogens is 238 g/mol. The molecule has 2 aliphatic carbocycles. The van der Waals surface area contributed by atoms with E-state index >= 15 is 0 Å². The van der Waals surface area contributed by atoms with Gasteiger partial charge in [0, 0.05) is 12.1 Å². The zero-order valence-corrected chi connectivity index (χ0v) is 11.7. The van der Waals surface area contributed by atoms with Crippen molar-refractivity contribution in [2.45, 2.75) is 69.5 Å². The third-order valence-corrected chi connectivity index (χ3v) is 5.47. The van der Waals surface area contributed by atoms with Crippen LogP contribution >= 0.6 is 0 Å².